The molecule has 1 amide bonds. The maximum atomic E-state index is 11.5. The predicted molar refractivity (Wildman–Crippen MR) is 98.6 cm³/mol. The monoisotopic (exact) mass is 323 g/mol. The molecule has 2 aromatic rings. The van der Waals surface area contributed by atoms with Gasteiger partial charge in [-0.15, -0.1) is 0 Å². The third kappa shape index (κ3) is 5.25. The Morgan fingerprint density at radius 1 is 1.12 bits per heavy atom. The van der Waals surface area contributed by atoms with E-state index in [1.807, 2.05) is 24.3 Å². The highest BCUT2D eigenvalue weighted by molar-refractivity contribution is 5.76. The molecule has 4 heteroatoms. The molecule has 2 aromatic carbocycles. The molecular weight excluding hydrogens is 298 g/mol. The van der Waals surface area contributed by atoms with E-state index in [9.17, 15) is 4.79 Å². The molecule has 0 aliphatic carbocycles. The number of hydrogen-bond donors (Lipinski definition) is 2. The molecule has 2 rings (SSSR count). The Morgan fingerprint density at radius 2 is 1.79 bits per heavy atom. The second-order valence-electron chi connectivity index (χ2n) is 5.78. The lowest BCUT2D eigenvalue weighted by atomic mass is 10.1. The zero-order valence-corrected chi connectivity index (χ0v) is 14.3. The van der Waals surface area contributed by atoms with E-state index in [-0.39, 0.29) is 5.91 Å². The lowest BCUT2D eigenvalue weighted by molar-refractivity contribution is -0.120. The summed E-state index contributed by atoms with van der Waals surface area (Å²) in [6, 6.07) is 18.4. The Labute approximate surface area is 143 Å². The van der Waals surface area contributed by atoms with Crippen molar-refractivity contribution in [2.75, 3.05) is 7.05 Å². The van der Waals surface area contributed by atoms with Crippen molar-refractivity contribution in [3.05, 3.63) is 77.4 Å². The number of aryl methyl sites for hydroxylation is 1. The summed E-state index contributed by atoms with van der Waals surface area (Å²) < 4.78 is 0. The van der Waals surface area contributed by atoms with Gasteiger partial charge in [0.05, 0.1) is 12.2 Å². The van der Waals surface area contributed by atoms with E-state index in [0.717, 1.165) is 16.8 Å². The molecule has 0 saturated carbocycles. The van der Waals surface area contributed by atoms with Gasteiger partial charge in [0.2, 0.25) is 5.91 Å². The zero-order valence-electron chi connectivity index (χ0n) is 14.3. The van der Waals surface area contributed by atoms with Crippen LogP contribution >= 0.6 is 0 Å². The highest BCUT2D eigenvalue weighted by Crippen LogP contribution is 2.20. The van der Waals surface area contributed by atoms with E-state index in [0.29, 0.717) is 19.4 Å². The van der Waals surface area contributed by atoms with Crippen LogP contribution in [-0.4, -0.2) is 18.0 Å². The Bertz CT molecular complexity index is 678. The highest BCUT2D eigenvalue weighted by Gasteiger charge is 2.09. The first-order valence-electron chi connectivity index (χ1n) is 8.14. The minimum Gasteiger partial charge on any atom is -0.359 e. The van der Waals surface area contributed by atoms with Gasteiger partial charge in [-0.05, 0) is 24.5 Å². The Balaban J connectivity index is 2.19. The molecule has 3 N–H and O–H groups in total. The average Bonchev–Trinajstić information content (AvgIpc) is 2.60. The summed E-state index contributed by atoms with van der Waals surface area (Å²) in [5.41, 5.74) is 4.33. The number of amides is 1. The fourth-order valence-electron chi connectivity index (χ4n) is 2.46. The summed E-state index contributed by atoms with van der Waals surface area (Å²) in [7, 11) is 1.65. The van der Waals surface area contributed by atoms with Crippen LogP contribution in [0.5, 0.6) is 0 Å². The average molecular weight is 323 g/mol. The van der Waals surface area contributed by atoms with Crippen LogP contribution < -0.4 is 11.2 Å². The molecule has 126 valence electrons. The van der Waals surface area contributed by atoms with Crippen molar-refractivity contribution in [3.63, 3.8) is 0 Å². The maximum Gasteiger partial charge on any atom is 0.220 e. The van der Waals surface area contributed by atoms with Gasteiger partial charge in [-0.25, -0.2) is 5.84 Å². The second-order valence-corrected chi connectivity index (χ2v) is 5.78. The molecule has 0 spiro atoms. The van der Waals surface area contributed by atoms with Crippen LogP contribution in [0.15, 0.2) is 60.7 Å². The number of hydrazine groups is 1. The molecule has 24 heavy (non-hydrogen) atoms. The first-order valence-corrected chi connectivity index (χ1v) is 8.14. The third-order valence-electron chi connectivity index (χ3n) is 3.84. The number of allylic oxidation sites excluding steroid dienone is 1. The van der Waals surface area contributed by atoms with Crippen LogP contribution in [0.1, 0.15) is 29.5 Å². The minimum absolute atomic E-state index is 0.0288. The van der Waals surface area contributed by atoms with Gasteiger partial charge >= 0.3 is 0 Å². The van der Waals surface area contributed by atoms with Gasteiger partial charge in [-0.1, -0.05) is 66.2 Å². The molecule has 0 radical (unpaired) electrons. The van der Waals surface area contributed by atoms with Crippen LogP contribution in [0.4, 0.5) is 0 Å². The fraction of sp³-hybridized carbons (Fsp3) is 0.250. The molecule has 0 aromatic heterocycles. The topological polar surface area (TPSA) is 58.4 Å². The van der Waals surface area contributed by atoms with E-state index >= 15 is 0 Å². The van der Waals surface area contributed by atoms with Gasteiger partial charge in [0.15, 0.2) is 0 Å². The third-order valence-corrected chi connectivity index (χ3v) is 3.84. The number of hydrogen-bond acceptors (Lipinski definition) is 3. The molecule has 4 nitrogen and oxygen atoms in total. The van der Waals surface area contributed by atoms with Crippen molar-refractivity contribution in [1.29, 1.82) is 0 Å². The molecular formula is C20H25N3O. The Hall–Kier alpha value is -2.59. The van der Waals surface area contributed by atoms with Crippen molar-refractivity contribution in [2.24, 2.45) is 5.84 Å². The van der Waals surface area contributed by atoms with Gasteiger partial charge in [0.25, 0.3) is 0 Å². The molecule has 0 unspecified atom stereocenters. The van der Waals surface area contributed by atoms with E-state index in [1.54, 1.807) is 12.1 Å². The van der Waals surface area contributed by atoms with Crippen LogP contribution in [0.2, 0.25) is 0 Å². The predicted octanol–water partition coefficient (Wildman–Crippen LogP) is 3.24. The Kier molecular flexibility index (Phi) is 6.58. The normalized spacial score (nSPS) is 11.2. The molecule has 0 aliphatic heterocycles. The number of rotatable bonds is 7. The second kappa shape index (κ2) is 8.89. The minimum atomic E-state index is 0.0288. The SMILES string of the molecule is CNC(=O)CC/C=C(/c1ccc(C)cc1)N(N)Cc1ccccc1. The zero-order chi connectivity index (χ0) is 17.4. The van der Waals surface area contributed by atoms with Gasteiger partial charge in [0, 0.05) is 13.5 Å². The summed E-state index contributed by atoms with van der Waals surface area (Å²) >= 11 is 0. The van der Waals surface area contributed by atoms with Crippen molar-refractivity contribution in [2.45, 2.75) is 26.3 Å². The highest BCUT2D eigenvalue weighted by atomic mass is 16.1. The molecule has 0 saturated heterocycles. The summed E-state index contributed by atoms with van der Waals surface area (Å²) in [5, 5.41) is 4.38. The number of benzene rings is 2. The lowest BCUT2D eigenvalue weighted by Gasteiger charge is -2.23. The van der Waals surface area contributed by atoms with Crippen LogP contribution in [-0.2, 0) is 11.3 Å². The quantitative estimate of drug-likeness (QED) is 0.607. The van der Waals surface area contributed by atoms with Crippen LogP contribution in [0.3, 0.4) is 0 Å². The summed E-state index contributed by atoms with van der Waals surface area (Å²) in [4.78, 5) is 11.5. The smallest absolute Gasteiger partial charge is 0.220 e. The summed E-state index contributed by atoms with van der Waals surface area (Å²) in [6.07, 6.45) is 3.12. The molecule has 0 fully saturated rings. The summed E-state index contributed by atoms with van der Waals surface area (Å²) in [5.74, 6) is 6.36. The number of nitrogens with two attached hydrogens (primary N) is 1. The van der Waals surface area contributed by atoms with E-state index in [1.165, 1.54) is 5.56 Å². The largest absolute Gasteiger partial charge is 0.359 e. The van der Waals surface area contributed by atoms with Gasteiger partial charge in [-0.3, -0.25) is 4.79 Å². The van der Waals surface area contributed by atoms with Crippen molar-refractivity contribution < 1.29 is 4.79 Å². The number of nitrogens with zero attached hydrogens (tertiary/aromatic N) is 1. The van der Waals surface area contributed by atoms with Crippen molar-refractivity contribution in [1.82, 2.24) is 10.3 Å². The Morgan fingerprint density at radius 3 is 2.42 bits per heavy atom. The summed E-state index contributed by atoms with van der Waals surface area (Å²) in [6.45, 7) is 2.67. The van der Waals surface area contributed by atoms with Gasteiger partial charge < -0.3 is 10.3 Å². The molecule has 0 aliphatic rings. The first-order chi connectivity index (χ1) is 11.6. The molecule has 0 bridgehead atoms. The van der Waals surface area contributed by atoms with Crippen molar-refractivity contribution in [3.8, 4) is 0 Å². The molecule has 0 heterocycles. The van der Waals surface area contributed by atoms with Gasteiger partial charge in [0.1, 0.15) is 0 Å². The molecule has 0 atom stereocenters. The number of carbonyl (C=O) groups excluding carboxylic acids is 1. The fourth-order valence-corrected chi connectivity index (χ4v) is 2.46. The standard InChI is InChI=1S/C20H25N3O/c1-16-11-13-18(14-12-16)19(9-6-10-20(24)22-2)23(21)15-17-7-4-3-5-8-17/h3-5,7-9,11-14H,6,10,15,21H2,1-2H3,(H,22,24)/b19-9-. The van der Waals surface area contributed by atoms with Gasteiger partial charge in [-0.2, -0.15) is 0 Å². The van der Waals surface area contributed by atoms with Crippen LogP contribution in [0, 0.1) is 6.92 Å². The van der Waals surface area contributed by atoms with E-state index < -0.39 is 0 Å². The van der Waals surface area contributed by atoms with E-state index in [4.69, 9.17) is 5.84 Å². The van der Waals surface area contributed by atoms with Crippen LogP contribution in [0.25, 0.3) is 5.70 Å². The lowest BCUT2D eigenvalue weighted by Crippen LogP contribution is -2.29. The van der Waals surface area contributed by atoms with Crippen molar-refractivity contribution >= 4 is 11.6 Å². The number of carbonyl (C=O) groups is 1. The van der Waals surface area contributed by atoms with E-state index in [2.05, 4.69) is 48.6 Å². The maximum absolute atomic E-state index is 11.5. The first kappa shape index (κ1) is 17.8. The number of nitrogens with one attached hydrogen (secondary N) is 1.